The highest BCUT2D eigenvalue weighted by molar-refractivity contribution is 6.34. The van der Waals surface area contributed by atoms with Crippen LogP contribution < -0.4 is 10.6 Å². The fraction of sp³-hybridized carbons (Fsp3) is 0.533. The maximum atomic E-state index is 8.98. The summed E-state index contributed by atoms with van der Waals surface area (Å²) in [6.07, 6.45) is 3.77. The van der Waals surface area contributed by atoms with E-state index < -0.39 is 0 Å². The van der Waals surface area contributed by atoms with Crippen molar-refractivity contribution in [3.8, 4) is 0 Å². The van der Waals surface area contributed by atoms with E-state index in [1.165, 1.54) is 25.9 Å². The Kier molecular flexibility index (Phi) is 4.22. The summed E-state index contributed by atoms with van der Waals surface area (Å²) in [5.41, 5.74) is 7.39. The molecular weight excluding hydrogens is 288 g/mol. The minimum atomic E-state index is 0.0697. The molecule has 1 atom stereocenters. The predicted molar refractivity (Wildman–Crippen MR) is 85.4 cm³/mol. The number of benzene rings is 1. The van der Waals surface area contributed by atoms with Crippen molar-refractivity contribution >= 4 is 23.1 Å². The highest BCUT2D eigenvalue weighted by Crippen LogP contribution is 2.31. The van der Waals surface area contributed by atoms with Gasteiger partial charge in [-0.2, -0.15) is 0 Å². The van der Waals surface area contributed by atoms with E-state index >= 15 is 0 Å². The summed E-state index contributed by atoms with van der Waals surface area (Å²) in [5.74, 6) is 0.0697. The summed E-state index contributed by atoms with van der Waals surface area (Å²) in [5, 5.41) is 12.6. The molecule has 0 aromatic heterocycles. The molecule has 0 spiro atoms. The summed E-state index contributed by atoms with van der Waals surface area (Å²) in [6.45, 7) is 4.38. The molecule has 2 fully saturated rings. The van der Waals surface area contributed by atoms with E-state index in [-0.39, 0.29) is 5.84 Å². The van der Waals surface area contributed by atoms with Crippen molar-refractivity contribution in [2.45, 2.75) is 25.3 Å². The molecule has 2 saturated heterocycles. The summed E-state index contributed by atoms with van der Waals surface area (Å²) >= 11 is 6.24. The van der Waals surface area contributed by atoms with Crippen molar-refractivity contribution in [1.82, 2.24) is 4.90 Å². The van der Waals surface area contributed by atoms with E-state index in [4.69, 9.17) is 22.5 Å². The molecule has 1 aromatic rings. The number of nitrogens with zero attached hydrogens (tertiary/aromatic N) is 3. The summed E-state index contributed by atoms with van der Waals surface area (Å²) in [4.78, 5) is 4.87. The summed E-state index contributed by atoms with van der Waals surface area (Å²) in [7, 11) is 0. The standard InChI is InChI=1S/C15H21ClN4O/c16-12-4-3-5-13(14(12)15(17)18-21)20-9-6-11(10-20)19-7-1-2-8-19/h3-5,11,21H,1-2,6-10H2,(H2,17,18). The van der Waals surface area contributed by atoms with Crippen LogP contribution in [-0.4, -0.2) is 48.2 Å². The molecule has 6 heteroatoms. The first-order valence-electron chi connectivity index (χ1n) is 7.46. The lowest BCUT2D eigenvalue weighted by atomic mass is 10.1. The van der Waals surface area contributed by atoms with Crippen LogP contribution in [0, 0.1) is 0 Å². The number of nitrogens with two attached hydrogens (primary N) is 1. The topological polar surface area (TPSA) is 65.1 Å². The first-order valence-corrected chi connectivity index (χ1v) is 7.84. The van der Waals surface area contributed by atoms with Crippen molar-refractivity contribution in [3.63, 3.8) is 0 Å². The number of hydrogen-bond donors (Lipinski definition) is 2. The first-order chi connectivity index (χ1) is 10.2. The maximum absolute atomic E-state index is 8.98. The summed E-state index contributed by atoms with van der Waals surface area (Å²) in [6, 6.07) is 6.28. The van der Waals surface area contributed by atoms with Crippen LogP contribution in [0.15, 0.2) is 23.4 Å². The maximum Gasteiger partial charge on any atom is 0.173 e. The van der Waals surface area contributed by atoms with Crippen LogP contribution >= 0.6 is 11.6 Å². The van der Waals surface area contributed by atoms with Crippen LogP contribution in [0.4, 0.5) is 5.69 Å². The SMILES string of the molecule is NC(=NO)c1c(Cl)cccc1N1CCC(N2CCCC2)C1. The number of hydrogen-bond acceptors (Lipinski definition) is 4. The molecule has 1 aromatic carbocycles. The molecule has 0 radical (unpaired) electrons. The molecule has 2 aliphatic rings. The zero-order valence-electron chi connectivity index (χ0n) is 12.0. The third kappa shape index (κ3) is 2.80. The second kappa shape index (κ2) is 6.12. The molecule has 21 heavy (non-hydrogen) atoms. The average Bonchev–Trinajstić information content (AvgIpc) is 3.16. The molecule has 0 amide bonds. The second-order valence-corrected chi connectivity index (χ2v) is 6.16. The van der Waals surface area contributed by atoms with Gasteiger partial charge in [0.25, 0.3) is 0 Å². The lowest BCUT2D eigenvalue weighted by molar-refractivity contribution is 0.260. The van der Waals surface area contributed by atoms with Crippen LogP contribution in [0.25, 0.3) is 0 Å². The van der Waals surface area contributed by atoms with Gasteiger partial charge in [0, 0.05) is 24.8 Å². The van der Waals surface area contributed by atoms with Gasteiger partial charge in [-0.3, -0.25) is 4.90 Å². The molecule has 2 heterocycles. The van der Waals surface area contributed by atoms with E-state index in [2.05, 4.69) is 15.0 Å². The second-order valence-electron chi connectivity index (χ2n) is 5.75. The largest absolute Gasteiger partial charge is 0.409 e. The van der Waals surface area contributed by atoms with Gasteiger partial charge in [0.1, 0.15) is 0 Å². The van der Waals surface area contributed by atoms with E-state index in [1.54, 1.807) is 6.07 Å². The van der Waals surface area contributed by atoms with Gasteiger partial charge in [0.15, 0.2) is 5.84 Å². The third-order valence-corrected chi connectivity index (χ3v) is 4.83. The molecule has 3 N–H and O–H groups in total. The smallest absolute Gasteiger partial charge is 0.173 e. The van der Waals surface area contributed by atoms with Gasteiger partial charge < -0.3 is 15.8 Å². The van der Waals surface area contributed by atoms with Gasteiger partial charge in [0.2, 0.25) is 0 Å². The lowest BCUT2D eigenvalue weighted by Crippen LogP contribution is -2.35. The zero-order chi connectivity index (χ0) is 14.8. The zero-order valence-corrected chi connectivity index (χ0v) is 12.8. The Morgan fingerprint density at radius 2 is 2.05 bits per heavy atom. The molecule has 5 nitrogen and oxygen atoms in total. The van der Waals surface area contributed by atoms with E-state index in [1.807, 2.05) is 12.1 Å². The van der Waals surface area contributed by atoms with E-state index in [0.29, 0.717) is 16.6 Å². The Balaban J connectivity index is 1.83. The molecule has 0 bridgehead atoms. The first kappa shape index (κ1) is 14.5. The van der Waals surface area contributed by atoms with Crippen molar-refractivity contribution in [1.29, 1.82) is 0 Å². The van der Waals surface area contributed by atoms with Gasteiger partial charge in [-0.25, -0.2) is 0 Å². The number of halogens is 1. The Morgan fingerprint density at radius 3 is 2.76 bits per heavy atom. The number of amidine groups is 1. The molecular formula is C15H21ClN4O. The van der Waals surface area contributed by atoms with Gasteiger partial charge in [-0.05, 0) is 44.5 Å². The highest BCUT2D eigenvalue weighted by atomic mass is 35.5. The quantitative estimate of drug-likeness (QED) is 0.388. The average molecular weight is 309 g/mol. The summed E-state index contributed by atoms with van der Waals surface area (Å²) < 4.78 is 0. The van der Waals surface area contributed by atoms with Crippen molar-refractivity contribution < 1.29 is 5.21 Å². The Morgan fingerprint density at radius 1 is 1.29 bits per heavy atom. The number of rotatable bonds is 3. The lowest BCUT2D eigenvalue weighted by Gasteiger charge is -2.25. The Hall–Kier alpha value is -1.46. The third-order valence-electron chi connectivity index (χ3n) is 4.52. The number of likely N-dealkylation sites (tertiary alicyclic amines) is 1. The Bertz CT molecular complexity index is 542. The van der Waals surface area contributed by atoms with Crippen molar-refractivity contribution in [3.05, 3.63) is 28.8 Å². The Labute approximate surface area is 130 Å². The monoisotopic (exact) mass is 308 g/mol. The number of oxime groups is 1. The fourth-order valence-electron chi connectivity index (χ4n) is 3.45. The van der Waals surface area contributed by atoms with Gasteiger partial charge in [0.05, 0.1) is 10.6 Å². The van der Waals surface area contributed by atoms with E-state index in [9.17, 15) is 0 Å². The minimum absolute atomic E-state index is 0.0697. The van der Waals surface area contributed by atoms with Crippen molar-refractivity contribution in [2.24, 2.45) is 10.9 Å². The van der Waals surface area contributed by atoms with Crippen LogP contribution in [0.5, 0.6) is 0 Å². The van der Waals surface area contributed by atoms with Crippen LogP contribution in [0.2, 0.25) is 5.02 Å². The molecule has 114 valence electrons. The molecule has 3 rings (SSSR count). The van der Waals surface area contributed by atoms with Crippen molar-refractivity contribution in [2.75, 3.05) is 31.1 Å². The van der Waals surface area contributed by atoms with Crippen LogP contribution in [0.3, 0.4) is 0 Å². The molecule has 1 unspecified atom stereocenters. The van der Waals surface area contributed by atoms with E-state index in [0.717, 1.165) is 25.2 Å². The van der Waals surface area contributed by atoms with Crippen LogP contribution in [0.1, 0.15) is 24.8 Å². The normalized spacial score (nSPS) is 24.0. The van der Waals surface area contributed by atoms with Gasteiger partial charge in [-0.1, -0.05) is 22.8 Å². The molecule has 0 saturated carbocycles. The van der Waals surface area contributed by atoms with Gasteiger partial charge >= 0.3 is 0 Å². The highest BCUT2D eigenvalue weighted by Gasteiger charge is 2.30. The predicted octanol–water partition coefficient (Wildman–Crippen LogP) is 2.11. The number of anilines is 1. The van der Waals surface area contributed by atoms with Crippen LogP contribution in [-0.2, 0) is 0 Å². The minimum Gasteiger partial charge on any atom is -0.409 e. The van der Waals surface area contributed by atoms with Gasteiger partial charge in [-0.15, -0.1) is 0 Å². The molecule has 2 aliphatic heterocycles. The fourth-order valence-corrected chi connectivity index (χ4v) is 3.71. The molecule has 0 aliphatic carbocycles.